The number of carbonyl (C=O) groups excluding carboxylic acids is 5. The fourth-order valence-corrected chi connectivity index (χ4v) is 4.73. The molecule has 3 N–H and O–H groups in total. The van der Waals surface area contributed by atoms with Crippen molar-refractivity contribution in [3.8, 4) is 0 Å². The third-order valence-electron chi connectivity index (χ3n) is 6.97. The van der Waals surface area contributed by atoms with Crippen molar-refractivity contribution in [2.75, 3.05) is 19.7 Å². The number of hydrogen-bond donors (Lipinski definition) is 3. The molecule has 1 unspecified atom stereocenters. The first-order chi connectivity index (χ1) is 18.0. The Bertz CT molecular complexity index is 1020. The fourth-order valence-electron chi connectivity index (χ4n) is 4.73. The summed E-state index contributed by atoms with van der Waals surface area (Å²) in [5, 5.41) is 8.23. The predicted octanol–water partition coefficient (Wildman–Crippen LogP) is 1.12. The third-order valence-corrected chi connectivity index (χ3v) is 6.97. The van der Waals surface area contributed by atoms with E-state index < -0.39 is 35.5 Å². The van der Waals surface area contributed by atoms with Gasteiger partial charge in [0, 0.05) is 19.9 Å². The van der Waals surface area contributed by atoms with E-state index in [1.165, 1.54) is 11.8 Å². The number of ether oxygens (including phenoxy) is 1. The highest BCUT2D eigenvalue weighted by molar-refractivity contribution is 5.98. The molecular formula is C28H40N4O6. The van der Waals surface area contributed by atoms with Gasteiger partial charge in [0.05, 0.1) is 19.2 Å². The minimum Gasteiger partial charge on any atom is -0.361 e. The topological polar surface area (TPSA) is 137 Å². The number of likely N-dealkylation sites (tertiary alicyclic amines) is 1. The SMILES string of the molecule is CC(=O)NCC(=O)N1CCCCC1C(=O)N[C@@H](Cc1ccccc1)C(=O)N[C@@H](CC(C)C)C(=O)[C@@]1(C)CO1. The van der Waals surface area contributed by atoms with Crippen LogP contribution in [-0.2, 0) is 35.1 Å². The van der Waals surface area contributed by atoms with Gasteiger partial charge in [0.25, 0.3) is 0 Å². The van der Waals surface area contributed by atoms with Crippen LogP contribution in [0.15, 0.2) is 30.3 Å². The van der Waals surface area contributed by atoms with Crippen molar-refractivity contribution in [3.05, 3.63) is 35.9 Å². The monoisotopic (exact) mass is 528 g/mol. The number of nitrogens with zero attached hydrogens (tertiary/aromatic N) is 1. The van der Waals surface area contributed by atoms with E-state index in [9.17, 15) is 24.0 Å². The summed E-state index contributed by atoms with van der Waals surface area (Å²) in [5.74, 6) is -1.58. The lowest BCUT2D eigenvalue weighted by Crippen LogP contribution is -2.59. The van der Waals surface area contributed by atoms with Gasteiger partial charge in [-0.2, -0.15) is 0 Å². The molecule has 2 aliphatic rings. The second-order valence-electron chi connectivity index (χ2n) is 10.8. The molecule has 208 valence electrons. The van der Waals surface area contributed by atoms with Crippen LogP contribution in [0.3, 0.4) is 0 Å². The largest absolute Gasteiger partial charge is 0.361 e. The van der Waals surface area contributed by atoms with Crippen LogP contribution in [0.2, 0.25) is 0 Å². The number of ketones is 1. The van der Waals surface area contributed by atoms with Crippen molar-refractivity contribution in [3.63, 3.8) is 0 Å². The quantitative estimate of drug-likeness (QED) is 0.348. The molecule has 1 aromatic carbocycles. The van der Waals surface area contributed by atoms with Gasteiger partial charge in [-0.15, -0.1) is 0 Å². The second-order valence-corrected chi connectivity index (χ2v) is 10.8. The summed E-state index contributed by atoms with van der Waals surface area (Å²) >= 11 is 0. The Kier molecular flexibility index (Phi) is 10.0. The molecule has 2 aliphatic heterocycles. The highest BCUT2D eigenvalue weighted by atomic mass is 16.6. The molecule has 2 saturated heterocycles. The Balaban J connectivity index is 1.77. The molecule has 10 heteroatoms. The third kappa shape index (κ3) is 8.11. The molecule has 0 bridgehead atoms. The van der Waals surface area contributed by atoms with E-state index in [1.807, 2.05) is 44.2 Å². The summed E-state index contributed by atoms with van der Waals surface area (Å²) in [6.45, 7) is 7.52. The maximum Gasteiger partial charge on any atom is 0.243 e. The van der Waals surface area contributed by atoms with Gasteiger partial charge in [-0.3, -0.25) is 24.0 Å². The van der Waals surface area contributed by atoms with Crippen molar-refractivity contribution in [2.24, 2.45) is 5.92 Å². The van der Waals surface area contributed by atoms with Gasteiger partial charge in [-0.05, 0) is 44.1 Å². The number of epoxide rings is 1. The molecule has 4 atom stereocenters. The van der Waals surface area contributed by atoms with Gasteiger partial charge in [-0.25, -0.2) is 0 Å². The average molecular weight is 529 g/mol. The Morgan fingerprint density at radius 3 is 2.34 bits per heavy atom. The van der Waals surface area contributed by atoms with Gasteiger partial charge in [-0.1, -0.05) is 44.2 Å². The molecule has 0 aromatic heterocycles. The molecule has 0 aliphatic carbocycles. The molecule has 0 radical (unpaired) electrons. The maximum atomic E-state index is 13.6. The fraction of sp³-hybridized carbons (Fsp3) is 0.607. The summed E-state index contributed by atoms with van der Waals surface area (Å²) in [6.07, 6.45) is 2.65. The number of amides is 4. The number of hydrogen-bond acceptors (Lipinski definition) is 6. The zero-order valence-corrected chi connectivity index (χ0v) is 22.7. The first-order valence-corrected chi connectivity index (χ1v) is 13.4. The molecule has 4 amide bonds. The van der Waals surface area contributed by atoms with E-state index in [1.54, 1.807) is 6.92 Å². The Morgan fingerprint density at radius 1 is 1.05 bits per heavy atom. The highest BCUT2D eigenvalue weighted by Gasteiger charge is 2.50. The van der Waals surface area contributed by atoms with Gasteiger partial charge >= 0.3 is 0 Å². The van der Waals surface area contributed by atoms with Crippen molar-refractivity contribution in [1.82, 2.24) is 20.9 Å². The normalized spacial score (nSPS) is 22.2. The van der Waals surface area contributed by atoms with Crippen LogP contribution in [0.4, 0.5) is 0 Å². The lowest BCUT2D eigenvalue weighted by Gasteiger charge is -2.35. The van der Waals surface area contributed by atoms with Crippen molar-refractivity contribution in [2.45, 2.75) is 83.5 Å². The Hall–Kier alpha value is -3.27. The van der Waals surface area contributed by atoms with Gasteiger partial charge in [0.2, 0.25) is 23.6 Å². The van der Waals surface area contributed by atoms with Crippen molar-refractivity contribution < 1.29 is 28.7 Å². The van der Waals surface area contributed by atoms with Gasteiger partial charge in [0.1, 0.15) is 17.7 Å². The van der Waals surface area contributed by atoms with Crippen LogP contribution in [0.25, 0.3) is 0 Å². The number of rotatable bonds is 12. The molecule has 0 spiro atoms. The van der Waals surface area contributed by atoms with Gasteiger partial charge in [0.15, 0.2) is 5.78 Å². The van der Waals surface area contributed by atoms with Crippen LogP contribution >= 0.6 is 0 Å². The van der Waals surface area contributed by atoms with E-state index in [4.69, 9.17) is 4.74 Å². The van der Waals surface area contributed by atoms with E-state index in [2.05, 4.69) is 16.0 Å². The molecule has 3 rings (SSSR count). The van der Waals surface area contributed by atoms with E-state index in [0.717, 1.165) is 18.4 Å². The number of Topliss-reactive ketones (excluding diaryl/α,β-unsaturated/α-hetero) is 1. The van der Waals surface area contributed by atoms with Crippen molar-refractivity contribution in [1.29, 1.82) is 0 Å². The highest BCUT2D eigenvalue weighted by Crippen LogP contribution is 2.29. The zero-order valence-electron chi connectivity index (χ0n) is 22.7. The number of nitrogens with one attached hydrogen (secondary N) is 3. The van der Waals surface area contributed by atoms with Crippen LogP contribution < -0.4 is 16.0 Å². The minimum atomic E-state index is -0.950. The average Bonchev–Trinajstić information content (AvgIpc) is 3.64. The molecule has 10 nitrogen and oxygen atoms in total. The summed E-state index contributed by atoms with van der Waals surface area (Å²) in [4.78, 5) is 65.6. The standard InChI is InChI=1S/C28H40N4O6/c1-18(2)14-21(25(35)28(4)17-38-28)30-26(36)22(15-20-10-6-5-7-11-20)31-27(37)23-12-8-9-13-32(23)24(34)16-29-19(3)33/h5-7,10-11,18,21-23H,8-9,12-17H2,1-4H3,(H,29,33)(H,30,36)(H,31,37)/t21-,22-,23?,28+/m0/s1. The minimum absolute atomic E-state index is 0.152. The van der Waals surface area contributed by atoms with E-state index in [-0.39, 0.29) is 36.5 Å². The molecular weight excluding hydrogens is 488 g/mol. The number of benzene rings is 1. The second kappa shape index (κ2) is 13.0. The lowest BCUT2D eigenvalue weighted by molar-refractivity contribution is -0.143. The Morgan fingerprint density at radius 2 is 1.74 bits per heavy atom. The maximum absolute atomic E-state index is 13.6. The number of carbonyl (C=O) groups is 5. The molecule has 1 aromatic rings. The smallest absolute Gasteiger partial charge is 0.243 e. The predicted molar refractivity (Wildman–Crippen MR) is 141 cm³/mol. The molecule has 2 heterocycles. The molecule has 2 fully saturated rings. The Labute approximate surface area is 224 Å². The van der Waals surface area contributed by atoms with Gasteiger partial charge < -0.3 is 25.6 Å². The van der Waals surface area contributed by atoms with Crippen LogP contribution in [-0.4, -0.2) is 77.7 Å². The first kappa shape index (κ1) is 29.3. The van der Waals surface area contributed by atoms with Crippen molar-refractivity contribution >= 4 is 29.4 Å². The van der Waals surface area contributed by atoms with Crippen LogP contribution in [0.5, 0.6) is 0 Å². The zero-order chi connectivity index (χ0) is 27.9. The summed E-state index contributed by atoms with van der Waals surface area (Å²) in [6, 6.07) is 6.87. The van der Waals surface area contributed by atoms with E-state index in [0.29, 0.717) is 26.0 Å². The lowest BCUT2D eigenvalue weighted by atomic mass is 9.93. The summed E-state index contributed by atoms with van der Waals surface area (Å²) in [5.41, 5.74) is -0.0403. The number of piperidine rings is 1. The summed E-state index contributed by atoms with van der Waals surface area (Å²) in [7, 11) is 0. The van der Waals surface area contributed by atoms with Crippen LogP contribution in [0.1, 0.15) is 58.9 Å². The van der Waals surface area contributed by atoms with Crippen LogP contribution in [0, 0.1) is 5.92 Å². The molecule has 0 saturated carbocycles. The van der Waals surface area contributed by atoms with E-state index >= 15 is 0 Å². The first-order valence-electron chi connectivity index (χ1n) is 13.4. The summed E-state index contributed by atoms with van der Waals surface area (Å²) < 4.78 is 5.34. The molecule has 38 heavy (non-hydrogen) atoms.